The van der Waals surface area contributed by atoms with E-state index >= 15 is 0 Å². The SMILES string of the molecule is OC1CCCCC1NCC1CCOc2ccccc21. The van der Waals surface area contributed by atoms with Crippen molar-refractivity contribution in [3.8, 4) is 5.75 Å². The van der Waals surface area contributed by atoms with E-state index in [4.69, 9.17) is 4.74 Å². The van der Waals surface area contributed by atoms with Gasteiger partial charge in [0.1, 0.15) is 5.75 Å². The molecule has 0 bridgehead atoms. The molecular formula is C16H23NO2. The van der Waals surface area contributed by atoms with Gasteiger partial charge in [0, 0.05) is 18.5 Å². The summed E-state index contributed by atoms with van der Waals surface area (Å²) in [5, 5.41) is 13.6. The molecule has 0 amide bonds. The van der Waals surface area contributed by atoms with Crippen molar-refractivity contribution in [2.45, 2.75) is 50.2 Å². The molecule has 2 N–H and O–H groups in total. The molecule has 1 saturated carbocycles. The van der Waals surface area contributed by atoms with Gasteiger partial charge in [0.05, 0.1) is 12.7 Å². The fraction of sp³-hybridized carbons (Fsp3) is 0.625. The van der Waals surface area contributed by atoms with Crippen LogP contribution in [0.5, 0.6) is 5.75 Å². The third kappa shape index (κ3) is 2.93. The van der Waals surface area contributed by atoms with E-state index in [0.29, 0.717) is 5.92 Å². The van der Waals surface area contributed by atoms with Gasteiger partial charge in [-0.3, -0.25) is 0 Å². The van der Waals surface area contributed by atoms with Crippen LogP contribution in [-0.2, 0) is 0 Å². The smallest absolute Gasteiger partial charge is 0.122 e. The molecule has 1 aromatic rings. The van der Waals surface area contributed by atoms with E-state index in [1.165, 1.54) is 18.4 Å². The third-order valence-electron chi connectivity index (χ3n) is 4.44. The van der Waals surface area contributed by atoms with Crippen molar-refractivity contribution in [2.24, 2.45) is 0 Å². The van der Waals surface area contributed by atoms with Crippen LogP contribution in [0.3, 0.4) is 0 Å². The highest BCUT2D eigenvalue weighted by atomic mass is 16.5. The van der Waals surface area contributed by atoms with Crippen molar-refractivity contribution in [2.75, 3.05) is 13.2 Å². The Bertz CT molecular complexity index is 421. The van der Waals surface area contributed by atoms with Gasteiger partial charge in [-0.2, -0.15) is 0 Å². The largest absolute Gasteiger partial charge is 0.493 e. The summed E-state index contributed by atoms with van der Waals surface area (Å²) < 4.78 is 5.69. The highest BCUT2D eigenvalue weighted by molar-refractivity contribution is 5.37. The summed E-state index contributed by atoms with van der Waals surface area (Å²) in [5.74, 6) is 1.55. The lowest BCUT2D eigenvalue weighted by Crippen LogP contribution is -2.44. The predicted octanol–water partition coefficient (Wildman–Crippen LogP) is 2.45. The number of aliphatic hydroxyl groups excluding tert-OH is 1. The zero-order valence-corrected chi connectivity index (χ0v) is 11.3. The summed E-state index contributed by atoms with van der Waals surface area (Å²) in [7, 11) is 0. The normalized spacial score (nSPS) is 30.5. The molecule has 3 nitrogen and oxygen atoms in total. The van der Waals surface area contributed by atoms with Crippen molar-refractivity contribution >= 4 is 0 Å². The van der Waals surface area contributed by atoms with Gasteiger partial charge in [0.25, 0.3) is 0 Å². The van der Waals surface area contributed by atoms with Crippen molar-refractivity contribution in [3.05, 3.63) is 29.8 Å². The molecule has 104 valence electrons. The fourth-order valence-corrected chi connectivity index (χ4v) is 3.27. The molecule has 1 aliphatic carbocycles. The Hall–Kier alpha value is -1.06. The highest BCUT2D eigenvalue weighted by Crippen LogP contribution is 2.33. The van der Waals surface area contributed by atoms with Crippen LogP contribution in [-0.4, -0.2) is 30.4 Å². The number of ether oxygens (including phenoxy) is 1. The van der Waals surface area contributed by atoms with Crippen LogP contribution >= 0.6 is 0 Å². The number of para-hydroxylation sites is 1. The highest BCUT2D eigenvalue weighted by Gasteiger charge is 2.25. The monoisotopic (exact) mass is 261 g/mol. The van der Waals surface area contributed by atoms with E-state index in [9.17, 15) is 5.11 Å². The molecule has 0 spiro atoms. The molecule has 1 heterocycles. The minimum Gasteiger partial charge on any atom is -0.493 e. The van der Waals surface area contributed by atoms with Crippen molar-refractivity contribution in [1.82, 2.24) is 5.32 Å². The van der Waals surface area contributed by atoms with Crippen LogP contribution in [0.15, 0.2) is 24.3 Å². The lowest BCUT2D eigenvalue weighted by molar-refractivity contribution is 0.0894. The molecule has 3 heteroatoms. The van der Waals surface area contributed by atoms with Gasteiger partial charge in [-0.1, -0.05) is 31.0 Å². The summed E-state index contributed by atoms with van der Waals surface area (Å²) in [6, 6.07) is 8.61. The molecule has 19 heavy (non-hydrogen) atoms. The predicted molar refractivity (Wildman–Crippen MR) is 75.6 cm³/mol. The molecule has 3 atom stereocenters. The fourth-order valence-electron chi connectivity index (χ4n) is 3.27. The van der Waals surface area contributed by atoms with Gasteiger partial charge in [0.15, 0.2) is 0 Å². The lowest BCUT2D eigenvalue weighted by atomic mass is 9.90. The first-order valence-corrected chi connectivity index (χ1v) is 7.48. The molecule has 2 aliphatic rings. The zero-order valence-electron chi connectivity index (χ0n) is 11.3. The van der Waals surface area contributed by atoms with E-state index in [1.54, 1.807) is 0 Å². The molecule has 0 radical (unpaired) electrons. The summed E-state index contributed by atoms with van der Waals surface area (Å²) in [6.45, 7) is 1.75. The van der Waals surface area contributed by atoms with E-state index in [2.05, 4.69) is 23.5 Å². The Balaban J connectivity index is 1.61. The Morgan fingerprint density at radius 3 is 2.89 bits per heavy atom. The molecule has 3 unspecified atom stereocenters. The second kappa shape index (κ2) is 5.93. The number of fused-ring (bicyclic) bond motifs is 1. The molecular weight excluding hydrogens is 238 g/mol. The quantitative estimate of drug-likeness (QED) is 0.878. The average Bonchev–Trinajstić information content (AvgIpc) is 2.46. The number of hydrogen-bond acceptors (Lipinski definition) is 3. The maximum absolute atomic E-state index is 10.0. The Labute approximate surface area is 115 Å². The number of hydrogen-bond donors (Lipinski definition) is 2. The van der Waals surface area contributed by atoms with Crippen LogP contribution in [0.1, 0.15) is 43.6 Å². The topological polar surface area (TPSA) is 41.5 Å². The number of benzene rings is 1. The standard InChI is InChI=1S/C16H23NO2/c18-15-7-3-2-6-14(15)17-11-12-9-10-19-16-8-4-1-5-13(12)16/h1,4-5,8,12,14-15,17-18H,2-3,6-7,9-11H2. The molecule has 3 rings (SSSR count). The van der Waals surface area contributed by atoms with Crippen LogP contribution < -0.4 is 10.1 Å². The molecule has 1 fully saturated rings. The number of aliphatic hydroxyl groups is 1. The van der Waals surface area contributed by atoms with Gasteiger partial charge >= 0.3 is 0 Å². The van der Waals surface area contributed by atoms with Crippen LogP contribution in [0.2, 0.25) is 0 Å². The summed E-state index contributed by atoms with van der Waals surface area (Å²) in [6.07, 6.45) is 5.35. The Morgan fingerprint density at radius 2 is 2.00 bits per heavy atom. The van der Waals surface area contributed by atoms with Gasteiger partial charge in [-0.15, -0.1) is 0 Å². The first kappa shape index (κ1) is 12.9. The van der Waals surface area contributed by atoms with Crippen molar-refractivity contribution in [1.29, 1.82) is 0 Å². The maximum atomic E-state index is 10.0. The van der Waals surface area contributed by atoms with Gasteiger partial charge in [0.2, 0.25) is 0 Å². The molecule has 1 aromatic carbocycles. The van der Waals surface area contributed by atoms with E-state index in [-0.39, 0.29) is 12.1 Å². The van der Waals surface area contributed by atoms with E-state index in [0.717, 1.165) is 38.2 Å². The third-order valence-corrected chi connectivity index (χ3v) is 4.44. The minimum absolute atomic E-state index is 0.163. The van der Waals surface area contributed by atoms with Crippen LogP contribution in [0.25, 0.3) is 0 Å². The van der Waals surface area contributed by atoms with Crippen molar-refractivity contribution in [3.63, 3.8) is 0 Å². The zero-order chi connectivity index (χ0) is 13.1. The second-order valence-electron chi connectivity index (χ2n) is 5.74. The van der Waals surface area contributed by atoms with Gasteiger partial charge < -0.3 is 15.2 Å². The Morgan fingerprint density at radius 1 is 1.16 bits per heavy atom. The first-order valence-electron chi connectivity index (χ1n) is 7.48. The first-order chi connectivity index (χ1) is 9.34. The maximum Gasteiger partial charge on any atom is 0.122 e. The molecule has 0 saturated heterocycles. The lowest BCUT2D eigenvalue weighted by Gasteiger charge is -2.32. The molecule has 1 aliphatic heterocycles. The number of rotatable bonds is 3. The second-order valence-corrected chi connectivity index (χ2v) is 5.74. The summed E-state index contributed by atoms with van der Waals surface area (Å²) in [4.78, 5) is 0. The van der Waals surface area contributed by atoms with Crippen LogP contribution in [0, 0.1) is 0 Å². The van der Waals surface area contributed by atoms with Crippen molar-refractivity contribution < 1.29 is 9.84 Å². The minimum atomic E-state index is -0.163. The van der Waals surface area contributed by atoms with E-state index in [1.807, 2.05) is 6.07 Å². The van der Waals surface area contributed by atoms with Gasteiger partial charge in [-0.25, -0.2) is 0 Å². The molecule has 0 aromatic heterocycles. The summed E-state index contributed by atoms with van der Waals surface area (Å²) >= 11 is 0. The summed E-state index contributed by atoms with van der Waals surface area (Å²) in [5.41, 5.74) is 1.31. The van der Waals surface area contributed by atoms with Gasteiger partial charge in [-0.05, 0) is 30.9 Å². The average molecular weight is 261 g/mol. The Kier molecular flexibility index (Phi) is 4.04. The number of nitrogens with one attached hydrogen (secondary N) is 1. The van der Waals surface area contributed by atoms with Crippen LogP contribution in [0.4, 0.5) is 0 Å². The van der Waals surface area contributed by atoms with E-state index < -0.39 is 0 Å².